The van der Waals surface area contributed by atoms with Crippen LogP contribution in [-0.2, 0) is 26.4 Å². The monoisotopic (exact) mass is 456 g/mol. The van der Waals surface area contributed by atoms with Crippen LogP contribution in [0.5, 0.6) is 0 Å². The molecule has 0 unspecified atom stereocenters. The minimum atomic E-state index is -2.70. The summed E-state index contributed by atoms with van der Waals surface area (Å²) in [5, 5.41) is 4.38. The van der Waals surface area contributed by atoms with Crippen LogP contribution in [0.2, 0.25) is 0 Å². The highest BCUT2D eigenvalue weighted by Gasteiger charge is 2.36. The molecule has 0 saturated carbocycles. The highest BCUT2D eigenvalue weighted by molar-refractivity contribution is 5.61. The van der Waals surface area contributed by atoms with E-state index >= 15 is 0 Å². The Morgan fingerprint density at radius 2 is 2.00 bits per heavy atom. The topological polar surface area (TPSA) is 68.8 Å². The average molecular weight is 457 g/mol. The highest BCUT2D eigenvalue weighted by Crippen LogP contribution is 2.32. The van der Waals surface area contributed by atoms with E-state index in [0.717, 1.165) is 35.4 Å². The van der Waals surface area contributed by atoms with Crippen molar-refractivity contribution in [2.45, 2.75) is 58.4 Å². The molecule has 0 bridgehead atoms. The number of hydrogen-bond acceptors (Lipinski definition) is 5. The lowest BCUT2D eigenvalue weighted by Gasteiger charge is -2.34. The standard InChI is InChI=1S/C24H30F2N6O/c1-4-7-17-8-9-22(33)32(14-17)15-21-18(12-28-30(21)3)23-27-13-20(19(5-2)29-23)31-11-6-10-24(25,26)16-31/h8-9,12-14H,4-7,10-11,15-16H2,1-3H3. The zero-order valence-electron chi connectivity index (χ0n) is 19.4. The molecule has 7 nitrogen and oxygen atoms in total. The second-order valence-corrected chi connectivity index (χ2v) is 8.64. The second kappa shape index (κ2) is 9.41. The van der Waals surface area contributed by atoms with Crippen molar-refractivity contribution < 1.29 is 8.78 Å². The van der Waals surface area contributed by atoms with E-state index in [1.165, 1.54) is 0 Å². The van der Waals surface area contributed by atoms with Gasteiger partial charge >= 0.3 is 0 Å². The minimum absolute atomic E-state index is 0.0816. The molecule has 0 aromatic carbocycles. The maximum absolute atomic E-state index is 14.0. The summed E-state index contributed by atoms with van der Waals surface area (Å²) in [7, 11) is 1.82. The summed E-state index contributed by atoms with van der Waals surface area (Å²) in [6.45, 7) is 4.66. The van der Waals surface area contributed by atoms with Crippen LogP contribution in [0.3, 0.4) is 0 Å². The normalized spacial score (nSPS) is 15.7. The van der Waals surface area contributed by atoms with Gasteiger partial charge in [0.15, 0.2) is 5.82 Å². The van der Waals surface area contributed by atoms with Crippen LogP contribution in [0.25, 0.3) is 11.4 Å². The lowest BCUT2D eigenvalue weighted by molar-refractivity contribution is -0.0117. The van der Waals surface area contributed by atoms with Gasteiger partial charge in [-0.05, 0) is 24.8 Å². The number of aromatic nitrogens is 5. The molecule has 9 heteroatoms. The van der Waals surface area contributed by atoms with Crippen LogP contribution in [0.15, 0.2) is 35.5 Å². The zero-order chi connectivity index (χ0) is 23.6. The molecule has 0 N–H and O–H groups in total. The van der Waals surface area contributed by atoms with Gasteiger partial charge in [-0.2, -0.15) is 5.10 Å². The summed E-state index contributed by atoms with van der Waals surface area (Å²) in [6.07, 6.45) is 8.09. The summed E-state index contributed by atoms with van der Waals surface area (Å²) in [5.74, 6) is -2.21. The number of halogens is 2. The van der Waals surface area contributed by atoms with Crippen LogP contribution >= 0.6 is 0 Å². The molecule has 1 aliphatic heterocycles. The smallest absolute Gasteiger partial charge is 0.265 e. The molecule has 0 atom stereocenters. The third-order valence-corrected chi connectivity index (χ3v) is 6.12. The van der Waals surface area contributed by atoms with Crippen molar-refractivity contribution in [3.05, 3.63) is 58.0 Å². The van der Waals surface area contributed by atoms with Gasteiger partial charge < -0.3 is 9.47 Å². The van der Waals surface area contributed by atoms with Gasteiger partial charge in [0, 0.05) is 32.3 Å². The maximum Gasteiger partial charge on any atom is 0.265 e. The van der Waals surface area contributed by atoms with E-state index in [0.29, 0.717) is 37.4 Å². The molecule has 0 spiro atoms. The minimum Gasteiger partial charge on any atom is -0.363 e. The van der Waals surface area contributed by atoms with Crippen molar-refractivity contribution in [1.82, 2.24) is 24.3 Å². The van der Waals surface area contributed by atoms with Gasteiger partial charge in [0.05, 0.1) is 48.1 Å². The molecule has 4 heterocycles. The van der Waals surface area contributed by atoms with Gasteiger partial charge in [-0.3, -0.25) is 9.48 Å². The van der Waals surface area contributed by atoms with Crippen molar-refractivity contribution in [2.75, 3.05) is 18.0 Å². The van der Waals surface area contributed by atoms with Crippen LogP contribution < -0.4 is 10.5 Å². The van der Waals surface area contributed by atoms with Crippen LogP contribution in [0.1, 0.15) is 50.1 Å². The van der Waals surface area contributed by atoms with Gasteiger partial charge in [0.25, 0.3) is 11.5 Å². The maximum atomic E-state index is 14.0. The molecule has 1 aliphatic rings. The largest absolute Gasteiger partial charge is 0.363 e. The lowest BCUT2D eigenvalue weighted by atomic mass is 10.1. The third kappa shape index (κ3) is 4.96. The fourth-order valence-corrected chi connectivity index (χ4v) is 4.38. The molecule has 1 saturated heterocycles. The van der Waals surface area contributed by atoms with Crippen molar-refractivity contribution in [2.24, 2.45) is 7.05 Å². The van der Waals surface area contributed by atoms with E-state index in [9.17, 15) is 13.6 Å². The predicted molar refractivity (Wildman–Crippen MR) is 124 cm³/mol. The Kier molecular flexibility index (Phi) is 6.58. The average Bonchev–Trinajstić information content (AvgIpc) is 3.15. The number of piperidine rings is 1. The molecule has 33 heavy (non-hydrogen) atoms. The Morgan fingerprint density at radius 3 is 2.73 bits per heavy atom. The number of alkyl halides is 2. The van der Waals surface area contributed by atoms with Crippen LogP contribution in [0.4, 0.5) is 14.5 Å². The van der Waals surface area contributed by atoms with E-state index in [4.69, 9.17) is 4.98 Å². The molecule has 0 aliphatic carbocycles. The van der Waals surface area contributed by atoms with Gasteiger partial charge in [-0.15, -0.1) is 0 Å². The number of anilines is 1. The summed E-state index contributed by atoms with van der Waals surface area (Å²) < 4.78 is 31.3. The van der Waals surface area contributed by atoms with E-state index in [2.05, 4.69) is 17.0 Å². The van der Waals surface area contributed by atoms with Gasteiger partial charge in [-0.1, -0.05) is 26.3 Å². The molecular weight excluding hydrogens is 426 g/mol. The Balaban J connectivity index is 1.67. The summed E-state index contributed by atoms with van der Waals surface area (Å²) in [5.41, 5.74) is 3.95. The second-order valence-electron chi connectivity index (χ2n) is 8.64. The number of aryl methyl sites for hydroxylation is 3. The van der Waals surface area contributed by atoms with E-state index in [-0.39, 0.29) is 18.5 Å². The number of pyridine rings is 1. The molecule has 176 valence electrons. The Hall–Kier alpha value is -3.10. The van der Waals surface area contributed by atoms with Crippen LogP contribution in [-0.4, -0.2) is 43.3 Å². The molecule has 1 fully saturated rings. The van der Waals surface area contributed by atoms with Gasteiger partial charge in [-0.25, -0.2) is 18.7 Å². The zero-order valence-corrected chi connectivity index (χ0v) is 19.4. The molecule has 4 rings (SSSR count). The van der Waals surface area contributed by atoms with Crippen molar-refractivity contribution in [3.8, 4) is 11.4 Å². The van der Waals surface area contributed by atoms with Crippen molar-refractivity contribution >= 4 is 5.69 Å². The van der Waals surface area contributed by atoms with Crippen molar-refractivity contribution in [3.63, 3.8) is 0 Å². The van der Waals surface area contributed by atoms with E-state index in [1.54, 1.807) is 32.6 Å². The highest BCUT2D eigenvalue weighted by atomic mass is 19.3. The first-order chi connectivity index (χ1) is 15.8. The summed E-state index contributed by atoms with van der Waals surface area (Å²) in [4.78, 5) is 23.4. The summed E-state index contributed by atoms with van der Waals surface area (Å²) >= 11 is 0. The SMILES string of the molecule is CCCc1ccc(=O)n(Cc2c(-c3ncc(N4CCCC(F)(F)C4)c(CC)n3)cnn2C)c1. The summed E-state index contributed by atoms with van der Waals surface area (Å²) in [6, 6.07) is 3.46. The van der Waals surface area contributed by atoms with Gasteiger partial charge in [0.1, 0.15) is 0 Å². The first-order valence-corrected chi connectivity index (χ1v) is 11.5. The number of hydrogen-bond donors (Lipinski definition) is 0. The molecule has 0 amide bonds. The molecular formula is C24H30F2N6O. The lowest BCUT2D eigenvalue weighted by Crippen LogP contribution is -2.43. The predicted octanol–water partition coefficient (Wildman–Crippen LogP) is 3.84. The van der Waals surface area contributed by atoms with Gasteiger partial charge in [0.2, 0.25) is 0 Å². The first-order valence-electron chi connectivity index (χ1n) is 11.5. The molecule has 3 aromatic heterocycles. The van der Waals surface area contributed by atoms with E-state index < -0.39 is 5.92 Å². The fraction of sp³-hybridized carbons (Fsp3) is 0.500. The number of nitrogens with zero attached hydrogens (tertiary/aromatic N) is 6. The number of rotatable bonds is 7. The quantitative estimate of drug-likeness (QED) is 0.540. The molecule has 3 aromatic rings. The first kappa shape index (κ1) is 23.1. The molecule has 0 radical (unpaired) electrons. The van der Waals surface area contributed by atoms with Crippen LogP contribution in [0, 0.1) is 0 Å². The Labute approximate surface area is 192 Å². The third-order valence-electron chi connectivity index (χ3n) is 6.12. The van der Waals surface area contributed by atoms with E-state index in [1.807, 2.05) is 26.2 Å². The van der Waals surface area contributed by atoms with Crippen molar-refractivity contribution in [1.29, 1.82) is 0 Å². The fourth-order valence-electron chi connectivity index (χ4n) is 4.38. The Morgan fingerprint density at radius 1 is 1.18 bits per heavy atom. The Bertz CT molecular complexity index is 1190.